The zero-order valence-electron chi connectivity index (χ0n) is 13.3. The molecule has 1 rings (SSSR count). The molecule has 0 N–H and O–H groups in total. The van der Waals surface area contributed by atoms with E-state index in [2.05, 4.69) is 9.05 Å². The summed E-state index contributed by atoms with van der Waals surface area (Å²) < 4.78 is 122. The van der Waals surface area contributed by atoms with Crippen LogP contribution in [0, 0.1) is 0 Å². The number of phosphoric ester groups is 1. The second-order valence-electron chi connectivity index (χ2n) is 4.34. The summed E-state index contributed by atoms with van der Waals surface area (Å²) in [5, 5.41) is 0. The van der Waals surface area contributed by atoms with Gasteiger partial charge in [0.1, 0.15) is 13.2 Å². The Balaban J connectivity index is 0. The monoisotopic (exact) mass is 420 g/mol. The summed E-state index contributed by atoms with van der Waals surface area (Å²) in [5.41, 5.74) is 0. The zero-order chi connectivity index (χ0) is 19.7. The fraction of sp³-hybridized carbons (Fsp3) is 1.00. The normalized spacial score (nSPS) is 16.1. The second kappa shape index (κ2) is 12.5. The first-order valence-corrected chi connectivity index (χ1v) is 7.84. The molecule has 0 unspecified atom stereocenters. The van der Waals surface area contributed by atoms with Gasteiger partial charge < -0.3 is 23.4 Å². The molecule has 16 heteroatoms. The van der Waals surface area contributed by atoms with Crippen LogP contribution in [0.4, 0.5) is 35.1 Å². The van der Waals surface area contributed by atoms with Crippen LogP contribution in [0.15, 0.2) is 0 Å². The van der Waals surface area contributed by atoms with Gasteiger partial charge in [0, 0.05) is 0 Å². The Bertz CT molecular complexity index is 387. The molecular formula is C10H14F8LiO6P. The van der Waals surface area contributed by atoms with Gasteiger partial charge in [-0.05, 0) is 0 Å². The smallest absolute Gasteiger partial charge is 0.756 e. The number of hydrogen-bond acceptors (Lipinski definition) is 6. The van der Waals surface area contributed by atoms with Crippen molar-refractivity contribution in [3.05, 3.63) is 0 Å². The van der Waals surface area contributed by atoms with Crippen LogP contribution in [-0.2, 0) is 23.1 Å². The Kier molecular flexibility index (Phi) is 13.6. The Morgan fingerprint density at radius 1 is 0.846 bits per heavy atom. The van der Waals surface area contributed by atoms with E-state index in [-0.39, 0.29) is 18.9 Å². The fourth-order valence-electron chi connectivity index (χ4n) is 0.933. The van der Waals surface area contributed by atoms with Crippen molar-refractivity contribution in [1.82, 2.24) is 0 Å². The number of halogens is 8. The van der Waals surface area contributed by atoms with Crippen molar-refractivity contribution in [2.75, 3.05) is 39.6 Å². The second-order valence-corrected chi connectivity index (χ2v) is 5.75. The van der Waals surface area contributed by atoms with Gasteiger partial charge in [0.25, 0.3) is 7.82 Å². The molecule has 0 atom stereocenters. The topological polar surface area (TPSA) is 77.1 Å². The molecule has 0 bridgehead atoms. The predicted octanol–water partition coefficient (Wildman–Crippen LogP) is -0.674. The van der Waals surface area contributed by atoms with Crippen LogP contribution in [0.5, 0.6) is 0 Å². The van der Waals surface area contributed by atoms with E-state index in [0.29, 0.717) is 0 Å². The summed E-state index contributed by atoms with van der Waals surface area (Å²) in [7, 11) is -5.84. The molecular weight excluding hydrogens is 406 g/mol. The number of phosphoric acid groups is 1. The summed E-state index contributed by atoms with van der Waals surface area (Å²) >= 11 is 0. The minimum Gasteiger partial charge on any atom is -0.756 e. The summed E-state index contributed by atoms with van der Waals surface area (Å²) in [6.45, 7) is -1.63. The molecule has 0 spiro atoms. The van der Waals surface area contributed by atoms with Crippen molar-refractivity contribution in [1.29, 1.82) is 0 Å². The molecule has 26 heavy (non-hydrogen) atoms. The Morgan fingerprint density at radius 2 is 1.12 bits per heavy atom. The molecule has 1 saturated heterocycles. The Hall–Kier alpha value is 0.0674. The predicted molar refractivity (Wildman–Crippen MR) is 63.1 cm³/mol. The molecule has 0 amide bonds. The van der Waals surface area contributed by atoms with E-state index in [0.717, 1.165) is 26.4 Å². The van der Waals surface area contributed by atoms with E-state index in [1.807, 2.05) is 0 Å². The van der Waals surface area contributed by atoms with E-state index in [4.69, 9.17) is 9.47 Å². The molecule has 0 aromatic heterocycles. The van der Waals surface area contributed by atoms with Gasteiger partial charge in [-0.1, -0.05) is 0 Å². The summed E-state index contributed by atoms with van der Waals surface area (Å²) in [5.74, 6) is -9.73. The van der Waals surface area contributed by atoms with Gasteiger partial charge in [0.2, 0.25) is 0 Å². The minimum atomic E-state index is -5.84. The third kappa shape index (κ3) is 12.5. The van der Waals surface area contributed by atoms with Gasteiger partial charge in [-0.2, -0.15) is 17.6 Å². The average Bonchev–Trinajstić information content (AvgIpc) is 2.54. The molecule has 0 aromatic carbocycles. The van der Waals surface area contributed by atoms with Gasteiger partial charge in [0.05, 0.1) is 26.4 Å². The van der Waals surface area contributed by atoms with Crippen molar-refractivity contribution in [3.63, 3.8) is 0 Å². The molecule has 0 radical (unpaired) electrons. The van der Waals surface area contributed by atoms with Crippen molar-refractivity contribution in [3.8, 4) is 0 Å². The number of hydrogen-bond donors (Lipinski definition) is 0. The maximum Gasteiger partial charge on any atom is 1.00 e. The third-order valence-corrected chi connectivity index (χ3v) is 3.10. The van der Waals surface area contributed by atoms with Gasteiger partial charge in [-0.3, -0.25) is 4.57 Å². The number of rotatable bonds is 8. The fourth-order valence-corrected chi connectivity index (χ4v) is 1.67. The summed E-state index contributed by atoms with van der Waals surface area (Å²) in [6.07, 6.45) is -8.54. The van der Waals surface area contributed by atoms with Crippen molar-refractivity contribution in [2.45, 2.75) is 24.7 Å². The first kappa shape index (κ1) is 28.3. The van der Waals surface area contributed by atoms with Crippen molar-refractivity contribution < 1.29 is 82.0 Å². The average molecular weight is 420 g/mol. The molecule has 6 nitrogen and oxygen atoms in total. The van der Waals surface area contributed by atoms with Gasteiger partial charge >= 0.3 is 43.6 Å². The summed E-state index contributed by atoms with van der Waals surface area (Å²) in [6, 6.07) is 0. The van der Waals surface area contributed by atoms with Crippen LogP contribution in [0.2, 0.25) is 0 Å². The van der Waals surface area contributed by atoms with Crippen LogP contribution in [0.1, 0.15) is 0 Å². The van der Waals surface area contributed by atoms with E-state index in [1.54, 1.807) is 0 Å². The van der Waals surface area contributed by atoms with E-state index < -0.39 is 45.7 Å². The van der Waals surface area contributed by atoms with Gasteiger partial charge in [-0.25, -0.2) is 17.6 Å². The SMILES string of the molecule is C1COCCO1.O=P([O-])(OCC(F)(F)C(F)F)OCC(F)(F)C(F)F.[Li+]. The number of alkyl halides is 8. The van der Waals surface area contributed by atoms with E-state index in [9.17, 15) is 44.6 Å². The van der Waals surface area contributed by atoms with Crippen LogP contribution < -0.4 is 23.8 Å². The zero-order valence-corrected chi connectivity index (χ0v) is 14.2. The number of ether oxygens (including phenoxy) is 2. The molecule has 0 saturated carbocycles. The molecule has 1 heterocycles. The third-order valence-electron chi connectivity index (χ3n) is 2.21. The largest absolute Gasteiger partial charge is 1.00 e. The molecule has 1 aliphatic rings. The molecule has 0 aliphatic carbocycles. The van der Waals surface area contributed by atoms with Crippen LogP contribution in [-0.4, -0.2) is 64.3 Å². The van der Waals surface area contributed by atoms with E-state index >= 15 is 0 Å². The van der Waals surface area contributed by atoms with Crippen molar-refractivity contribution >= 4 is 7.82 Å². The van der Waals surface area contributed by atoms with Crippen LogP contribution in [0.3, 0.4) is 0 Å². The quantitative estimate of drug-likeness (QED) is 0.295. The summed E-state index contributed by atoms with van der Waals surface area (Å²) in [4.78, 5) is 10.6. The minimum absolute atomic E-state index is 0. The van der Waals surface area contributed by atoms with Gasteiger partial charge in [0.15, 0.2) is 0 Å². The van der Waals surface area contributed by atoms with Gasteiger partial charge in [-0.15, -0.1) is 0 Å². The maximum absolute atomic E-state index is 12.2. The molecule has 1 aliphatic heterocycles. The first-order chi connectivity index (χ1) is 11.3. The Labute approximate surface area is 154 Å². The standard InChI is InChI=1S/C6H7F8O4P.C4H8O2.Li/c7-3(8)5(11,12)1-17-19(15,16)18-2-6(13,14)4(9)10;1-2-6-4-3-5-1;/h3-4H,1-2H2,(H,15,16);1-4H2;/q;;+1/p-1. The van der Waals surface area contributed by atoms with Crippen LogP contribution in [0.25, 0.3) is 0 Å². The molecule has 0 aromatic rings. The van der Waals surface area contributed by atoms with E-state index in [1.165, 1.54) is 0 Å². The van der Waals surface area contributed by atoms with Crippen LogP contribution >= 0.6 is 7.82 Å². The molecule has 152 valence electrons. The first-order valence-electron chi connectivity index (χ1n) is 6.38. The Morgan fingerprint density at radius 3 is 1.31 bits per heavy atom. The van der Waals surface area contributed by atoms with Crippen molar-refractivity contribution in [2.24, 2.45) is 0 Å². The molecule has 1 fully saturated rings. The maximum atomic E-state index is 12.2.